The third-order valence-corrected chi connectivity index (χ3v) is 6.95. The fraction of sp³-hybridized carbons (Fsp3) is 0.333. The summed E-state index contributed by atoms with van der Waals surface area (Å²) in [6, 6.07) is 5.93. The van der Waals surface area contributed by atoms with E-state index in [1.807, 2.05) is 46.0 Å². The second-order valence-corrected chi connectivity index (χ2v) is 9.37. The Bertz CT molecular complexity index is 1350. The molecule has 1 unspecified atom stereocenters. The molecule has 9 nitrogen and oxygen atoms in total. The van der Waals surface area contributed by atoms with Crippen LogP contribution in [-0.4, -0.2) is 55.3 Å². The number of nitrogens with zero attached hydrogens (tertiary/aromatic N) is 5. The van der Waals surface area contributed by atoms with Crippen molar-refractivity contribution in [1.82, 2.24) is 23.8 Å². The van der Waals surface area contributed by atoms with Crippen molar-refractivity contribution in [1.29, 1.82) is 0 Å². The number of fused-ring (bicyclic) bond motifs is 2. The molecule has 1 aliphatic rings. The van der Waals surface area contributed by atoms with Crippen LogP contribution < -0.4 is 11.1 Å². The molecule has 3 aromatic heterocycles. The minimum atomic E-state index is -0.308. The zero-order valence-electron chi connectivity index (χ0n) is 19.0. The monoisotopic (exact) mass is 477 g/mol. The third-order valence-electron chi connectivity index (χ3n) is 6.18. The molecule has 34 heavy (non-hydrogen) atoms. The highest BCUT2D eigenvalue weighted by molar-refractivity contribution is 7.15. The number of hydrogen-bond donors (Lipinski definition) is 2. The van der Waals surface area contributed by atoms with Crippen LogP contribution in [0.3, 0.4) is 0 Å². The standard InChI is InChI=1S/C24H27N7O2S/c1-16-6-4-8-18-21(16)31(17-7-2-3-11-29(14-17)20(32)9-5-10-25)23(26-18)28-22(33)19-15-30-12-13-34-24(30)27-19/h4-6,8-9,12-13,15,17H,2-3,7,10-11,14,25H2,1H3,(H,26,28,33)/b9-5+. The molecule has 5 rings (SSSR count). The van der Waals surface area contributed by atoms with E-state index in [-0.39, 0.29) is 17.9 Å². The highest BCUT2D eigenvalue weighted by Crippen LogP contribution is 2.32. The number of rotatable bonds is 5. The number of benzene rings is 1. The Kier molecular flexibility index (Phi) is 6.16. The lowest BCUT2D eigenvalue weighted by Gasteiger charge is -2.26. The molecule has 3 N–H and O–H groups in total. The first kappa shape index (κ1) is 22.3. The number of para-hydroxylation sites is 1. The first-order valence-electron chi connectivity index (χ1n) is 11.4. The maximum atomic E-state index is 13.1. The lowest BCUT2D eigenvalue weighted by Crippen LogP contribution is -2.34. The van der Waals surface area contributed by atoms with Crippen molar-refractivity contribution in [3.63, 3.8) is 0 Å². The lowest BCUT2D eigenvalue weighted by molar-refractivity contribution is -0.126. The van der Waals surface area contributed by atoms with Crippen LogP contribution in [-0.2, 0) is 4.79 Å². The summed E-state index contributed by atoms with van der Waals surface area (Å²) >= 11 is 1.47. The van der Waals surface area contributed by atoms with Gasteiger partial charge in [0.25, 0.3) is 5.91 Å². The lowest BCUT2D eigenvalue weighted by atomic mass is 10.1. The normalized spacial score (nSPS) is 17.0. The van der Waals surface area contributed by atoms with E-state index in [0.717, 1.165) is 40.8 Å². The second kappa shape index (κ2) is 9.40. The number of aromatic nitrogens is 4. The van der Waals surface area contributed by atoms with E-state index in [2.05, 4.69) is 14.9 Å². The predicted molar refractivity (Wildman–Crippen MR) is 133 cm³/mol. The smallest absolute Gasteiger partial charge is 0.278 e. The average Bonchev–Trinajstić information content (AvgIpc) is 3.47. The summed E-state index contributed by atoms with van der Waals surface area (Å²) in [5, 5.41) is 4.92. The van der Waals surface area contributed by atoms with Crippen LogP contribution in [0.5, 0.6) is 0 Å². The van der Waals surface area contributed by atoms with Crippen LogP contribution >= 0.6 is 11.3 Å². The van der Waals surface area contributed by atoms with E-state index in [4.69, 9.17) is 10.7 Å². The van der Waals surface area contributed by atoms with E-state index in [9.17, 15) is 9.59 Å². The number of nitrogens with one attached hydrogen (secondary N) is 1. The number of imidazole rings is 2. The van der Waals surface area contributed by atoms with Crippen LogP contribution in [0.15, 0.2) is 48.1 Å². The highest BCUT2D eigenvalue weighted by Gasteiger charge is 2.27. The number of nitrogens with two attached hydrogens (primary N) is 1. The SMILES string of the molecule is Cc1cccc2nc(NC(=O)c3cn4ccsc4n3)n(C3CCCCN(C(=O)/C=C/CN)C3)c12. The molecule has 0 radical (unpaired) electrons. The van der Waals surface area contributed by atoms with Gasteiger partial charge in [0.05, 0.1) is 17.1 Å². The second-order valence-electron chi connectivity index (χ2n) is 8.49. The van der Waals surface area contributed by atoms with E-state index in [1.165, 1.54) is 11.3 Å². The first-order valence-corrected chi connectivity index (χ1v) is 12.3. The molecule has 0 bridgehead atoms. The number of carbonyl (C=O) groups is 2. The van der Waals surface area contributed by atoms with Gasteiger partial charge in [-0.05, 0) is 37.8 Å². The Morgan fingerprint density at radius 2 is 2.18 bits per heavy atom. The maximum absolute atomic E-state index is 13.1. The summed E-state index contributed by atoms with van der Waals surface area (Å²) in [5.41, 5.74) is 8.73. The molecule has 1 atom stereocenters. The van der Waals surface area contributed by atoms with Crippen LogP contribution in [0.1, 0.15) is 41.4 Å². The summed E-state index contributed by atoms with van der Waals surface area (Å²) in [5.74, 6) is 0.127. The minimum Gasteiger partial charge on any atom is -0.337 e. The van der Waals surface area contributed by atoms with Gasteiger partial charge < -0.3 is 15.2 Å². The summed E-state index contributed by atoms with van der Waals surface area (Å²) in [7, 11) is 0. The molecule has 2 amide bonds. The van der Waals surface area contributed by atoms with Crippen LogP contribution in [0.4, 0.5) is 5.95 Å². The Labute approximate surface area is 200 Å². The van der Waals surface area contributed by atoms with Gasteiger partial charge in [-0.25, -0.2) is 9.97 Å². The molecule has 1 aromatic carbocycles. The van der Waals surface area contributed by atoms with Gasteiger partial charge in [0.2, 0.25) is 11.9 Å². The zero-order chi connectivity index (χ0) is 23.7. The molecule has 0 saturated carbocycles. The van der Waals surface area contributed by atoms with Crippen LogP contribution in [0, 0.1) is 6.92 Å². The maximum Gasteiger partial charge on any atom is 0.278 e. The van der Waals surface area contributed by atoms with Gasteiger partial charge in [0.1, 0.15) is 5.69 Å². The van der Waals surface area contributed by atoms with E-state index in [1.54, 1.807) is 18.3 Å². The fourth-order valence-electron chi connectivity index (χ4n) is 4.57. The summed E-state index contributed by atoms with van der Waals surface area (Å²) in [4.78, 5) is 37.7. The Balaban J connectivity index is 1.51. The van der Waals surface area contributed by atoms with Gasteiger partial charge in [-0.1, -0.05) is 18.2 Å². The summed E-state index contributed by atoms with van der Waals surface area (Å²) in [6.07, 6.45) is 9.61. The quantitative estimate of drug-likeness (QED) is 0.428. The summed E-state index contributed by atoms with van der Waals surface area (Å²) in [6.45, 7) is 3.61. The molecule has 0 aliphatic carbocycles. The fourth-order valence-corrected chi connectivity index (χ4v) is 5.27. The van der Waals surface area contributed by atoms with Crippen LogP contribution in [0.25, 0.3) is 16.0 Å². The van der Waals surface area contributed by atoms with E-state index < -0.39 is 0 Å². The molecule has 4 heterocycles. The third kappa shape index (κ3) is 4.22. The summed E-state index contributed by atoms with van der Waals surface area (Å²) < 4.78 is 3.93. The molecule has 1 aliphatic heterocycles. The molecular weight excluding hydrogens is 450 g/mol. The van der Waals surface area contributed by atoms with Gasteiger partial charge >= 0.3 is 0 Å². The van der Waals surface area contributed by atoms with E-state index in [0.29, 0.717) is 31.3 Å². The molecule has 10 heteroatoms. The van der Waals surface area contributed by atoms with E-state index >= 15 is 0 Å². The van der Waals surface area contributed by atoms with Crippen molar-refractivity contribution in [2.75, 3.05) is 25.0 Å². The van der Waals surface area contributed by atoms with Gasteiger partial charge in [-0.15, -0.1) is 11.3 Å². The Morgan fingerprint density at radius 1 is 1.29 bits per heavy atom. The molecule has 1 fully saturated rings. The van der Waals surface area contributed by atoms with Gasteiger partial charge in [-0.2, -0.15) is 0 Å². The topological polar surface area (TPSA) is 111 Å². The zero-order valence-corrected chi connectivity index (χ0v) is 19.8. The van der Waals surface area contributed by atoms with Crippen molar-refractivity contribution in [3.05, 3.63) is 59.4 Å². The van der Waals surface area contributed by atoms with Gasteiger partial charge in [0.15, 0.2) is 4.96 Å². The molecule has 176 valence electrons. The highest BCUT2D eigenvalue weighted by atomic mass is 32.1. The number of aryl methyl sites for hydroxylation is 1. The van der Waals surface area contributed by atoms with Crippen molar-refractivity contribution in [2.24, 2.45) is 5.73 Å². The first-order chi connectivity index (χ1) is 16.5. The molecule has 1 saturated heterocycles. The molecular formula is C24H27N7O2S. The van der Waals surface area contributed by atoms with Crippen molar-refractivity contribution in [2.45, 2.75) is 32.2 Å². The van der Waals surface area contributed by atoms with Crippen molar-refractivity contribution in [3.8, 4) is 0 Å². The number of thiazole rings is 1. The largest absolute Gasteiger partial charge is 0.337 e. The number of carbonyl (C=O) groups excluding carboxylic acids is 2. The van der Waals surface area contributed by atoms with Gasteiger partial charge in [-0.3, -0.25) is 19.3 Å². The van der Waals surface area contributed by atoms with Crippen molar-refractivity contribution >= 4 is 45.1 Å². The van der Waals surface area contributed by atoms with Gasteiger partial charge in [0, 0.05) is 43.5 Å². The molecule has 4 aromatic rings. The molecule has 0 spiro atoms. The Morgan fingerprint density at radius 3 is 3.00 bits per heavy atom. The number of likely N-dealkylation sites (tertiary alicyclic amines) is 1. The van der Waals surface area contributed by atoms with Crippen molar-refractivity contribution < 1.29 is 9.59 Å². The van der Waals surface area contributed by atoms with Crippen LogP contribution in [0.2, 0.25) is 0 Å². The Hall–Kier alpha value is -3.50. The predicted octanol–water partition coefficient (Wildman–Crippen LogP) is 3.37. The average molecular weight is 478 g/mol. The number of anilines is 1. The minimum absolute atomic E-state index is 0.0235. The number of hydrogen-bond acceptors (Lipinski definition) is 6. The number of amides is 2.